The van der Waals surface area contributed by atoms with Crippen molar-refractivity contribution < 1.29 is 0 Å². The van der Waals surface area contributed by atoms with Gasteiger partial charge in [-0.3, -0.25) is 0 Å². The van der Waals surface area contributed by atoms with Crippen LogP contribution >= 0.6 is 43.2 Å². The highest BCUT2D eigenvalue weighted by molar-refractivity contribution is 9.10. The highest BCUT2D eigenvalue weighted by Crippen LogP contribution is 2.40. The van der Waals surface area contributed by atoms with Crippen molar-refractivity contribution in [3.05, 3.63) is 69.0 Å². The van der Waals surface area contributed by atoms with Gasteiger partial charge >= 0.3 is 0 Å². The lowest BCUT2D eigenvalue weighted by Crippen LogP contribution is -1.91. The van der Waals surface area contributed by atoms with Crippen LogP contribution < -0.4 is 0 Å². The number of rotatable bonds is 2. The maximum Gasteiger partial charge on any atom is 0.0658 e. The molecule has 0 bridgehead atoms. The molecule has 1 aromatic heterocycles. The van der Waals surface area contributed by atoms with Gasteiger partial charge in [0.15, 0.2) is 0 Å². The Balaban J connectivity index is 2.12. The van der Waals surface area contributed by atoms with E-state index in [1.54, 1.807) is 11.3 Å². The van der Waals surface area contributed by atoms with Gasteiger partial charge in [0.2, 0.25) is 0 Å². The van der Waals surface area contributed by atoms with Gasteiger partial charge in [-0.05, 0) is 50.8 Å². The van der Waals surface area contributed by atoms with E-state index in [0.29, 0.717) is 0 Å². The summed E-state index contributed by atoms with van der Waals surface area (Å²) in [7, 11) is 0. The summed E-state index contributed by atoms with van der Waals surface area (Å²) in [6.45, 7) is 2.13. The van der Waals surface area contributed by atoms with Crippen LogP contribution in [0.5, 0.6) is 0 Å². The molecule has 2 aromatic carbocycles. The summed E-state index contributed by atoms with van der Waals surface area (Å²) < 4.78 is 2.49. The van der Waals surface area contributed by atoms with Gasteiger partial charge in [-0.15, -0.1) is 11.3 Å². The number of benzene rings is 2. The quantitative estimate of drug-likeness (QED) is 0.437. The molecule has 1 heterocycles. The fourth-order valence-electron chi connectivity index (χ4n) is 2.25. The largest absolute Gasteiger partial charge is 0.142 e. The Morgan fingerprint density at radius 2 is 1.89 bits per heavy atom. The first-order valence-electron chi connectivity index (χ1n) is 6.03. The lowest BCUT2D eigenvalue weighted by molar-refractivity contribution is 1.20. The average Bonchev–Trinajstić information content (AvgIpc) is 2.83. The summed E-state index contributed by atoms with van der Waals surface area (Å²) >= 11 is 9.26. The van der Waals surface area contributed by atoms with E-state index in [0.717, 1.165) is 0 Å². The number of thiophene rings is 1. The summed E-state index contributed by atoms with van der Waals surface area (Å²) in [4.78, 5) is 0.246. The number of hydrogen-bond acceptors (Lipinski definition) is 1. The standard InChI is InChI=1S/C16H12Br2S/c1-10-4-2-5-11(8-10)15(18)13-9-19-16-12(13)6-3-7-14(16)17/h2-9,15H,1H3. The van der Waals surface area contributed by atoms with Crippen LogP contribution in [-0.2, 0) is 0 Å². The fourth-order valence-corrected chi connectivity index (χ4v) is 4.73. The molecule has 0 fully saturated rings. The van der Waals surface area contributed by atoms with E-state index in [1.165, 1.54) is 31.2 Å². The van der Waals surface area contributed by atoms with Crippen LogP contribution in [0.15, 0.2) is 52.3 Å². The van der Waals surface area contributed by atoms with E-state index in [-0.39, 0.29) is 4.83 Å². The van der Waals surface area contributed by atoms with E-state index < -0.39 is 0 Å². The Labute approximate surface area is 133 Å². The average molecular weight is 396 g/mol. The molecular weight excluding hydrogens is 384 g/mol. The van der Waals surface area contributed by atoms with Crippen molar-refractivity contribution in [2.45, 2.75) is 11.8 Å². The van der Waals surface area contributed by atoms with Gasteiger partial charge in [0.05, 0.1) is 4.83 Å². The Morgan fingerprint density at radius 1 is 1.11 bits per heavy atom. The second kappa shape index (κ2) is 5.39. The maximum absolute atomic E-state index is 3.84. The molecule has 1 atom stereocenters. The molecule has 96 valence electrons. The predicted octanol–water partition coefficient (Wildman–Crippen LogP) is 6.46. The molecule has 0 aliphatic heterocycles. The number of fused-ring (bicyclic) bond motifs is 1. The first kappa shape index (κ1) is 13.3. The van der Waals surface area contributed by atoms with Gasteiger partial charge < -0.3 is 0 Å². The normalized spacial score (nSPS) is 12.8. The van der Waals surface area contributed by atoms with Crippen LogP contribution in [0.3, 0.4) is 0 Å². The van der Waals surface area contributed by atoms with Crippen molar-refractivity contribution in [2.24, 2.45) is 0 Å². The summed E-state index contributed by atoms with van der Waals surface area (Å²) in [5.74, 6) is 0. The molecule has 0 radical (unpaired) electrons. The van der Waals surface area contributed by atoms with Crippen LogP contribution in [0, 0.1) is 6.92 Å². The predicted molar refractivity (Wildman–Crippen MR) is 91.5 cm³/mol. The minimum Gasteiger partial charge on any atom is -0.142 e. The van der Waals surface area contributed by atoms with Crippen LogP contribution in [0.4, 0.5) is 0 Å². The molecule has 0 saturated carbocycles. The maximum atomic E-state index is 3.84. The van der Waals surface area contributed by atoms with Crippen molar-refractivity contribution in [1.82, 2.24) is 0 Å². The third-order valence-corrected chi connectivity index (χ3v) is 6.18. The molecule has 3 aromatic rings. The molecule has 0 spiro atoms. The second-order valence-corrected chi connectivity index (χ2v) is 7.23. The minimum atomic E-state index is 0.246. The highest BCUT2D eigenvalue weighted by Gasteiger charge is 2.16. The second-order valence-electron chi connectivity index (χ2n) is 4.58. The third-order valence-electron chi connectivity index (χ3n) is 3.19. The Morgan fingerprint density at radius 3 is 2.68 bits per heavy atom. The zero-order valence-corrected chi connectivity index (χ0v) is 14.3. The number of alkyl halides is 1. The highest BCUT2D eigenvalue weighted by atomic mass is 79.9. The van der Waals surface area contributed by atoms with Gasteiger partial charge in [-0.25, -0.2) is 0 Å². The molecule has 0 saturated heterocycles. The van der Waals surface area contributed by atoms with Gasteiger partial charge in [0, 0.05) is 9.17 Å². The van der Waals surface area contributed by atoms with Crippen molar-refractivity contribution in [3.8, 4) is 0 Å². The third kappa shape index (κ3) is 2.51. The molecule has 0 amide bonds. The fraction of sp³-hybridized carbons (Fsp3) is 0.125. The molecular formula is C16H12Br2S. The topological polar surface area (TPSA) is 0 Å². The molecule has 0 nitrogen and oxygen atoms in total. The van der Waals surface area contributed by atoms with E-state index in [4.69, 9.17) is 0 Å². The molecule has 19 heavy (non-hydrogen) atoms. The zero-order chi connectivity index (χ0) is 13.4. The molecule has 3 rings (SSSR count). The number of hydrogen-bond donors (Lipinski definition) is 0. The zero-order valence-electron chi connectivity index (χ0n) is 10.4. The van der Waals surface area contributed by atoms with Gasteiger partial charge in [-0.2, -0.15) is 0 Å². The Hall–Kier alpha value is -0.640. The van der Waals surface area contributed by atoms with Gasteiger partial charge in [0.25, 0.3) is 0 Å². The van der Waals surface area contributed by atoms with Crippen molar-refractivity contribution in [2.75, 3.05) is 0 Å². The van der Waals surface area contributed by atoms with E-state index in [1.807, 2.05) is 0 Å². The summed E-state index contributed by atoms with van der Waals surface area (Å²) in [5.41, 5.74) is 3.94. The van der Waals surface area contributed by atoms with Gasteiger partial charge in [0.1, 0.15) is 0 Å². The Bertz CT molecular complexity index is 730. The summed E-state index contributed by atoms with van der Waals surface area (Å²) in [6.07, 6.45) is 0. The lowest BCUT2D eigenvalue weighted by Gasteiger charge is -2.10. The summed E-state index contributed by atoms with van der Waals surface area (Å²) in [5, 5.41) is 3.57. The smallest absolute Gasteiger partial charge is 0.0658 e. The van der Waals surface area contributed by atoms with E-state index in [2.05, 4.69) is 86.6 Å². The molecule has 3 heteroatoms. The molecule has 0 N–H and O–H groups in total. The molecule has 0 aliphatic carbocycles. The van der Waals surface area contributed by atoms with E-state index in [9.17, 15) is 0 Å². The molecule has 0 aliphatic rings. The van der Waals surface area contributed by atoms with Crippen molar-refractivity contribution >= 4 is 53.3 Å². The van der Waals surface area contributed by atoms with Crippen LogP contribution in [0.2, 0.25) is 0 Å². The number of aryl methyl sites for hydroxylation is 1. The number of halogens is 2. The summed E-state index contributed by atoms with van der Waals surface area (Å²) in [6, 6.07) is 15.0. The van der Waals surface area contributed by atoms with E-state index >= 15 is 0 Å². The van der Waals surface area contributed by atoms with Crippen molar-refractivity contribution in [1.29, 1.82) is 0 Å². The minimum absolute atomic E-state index is 0.246. The van der Waals surface area contributed by atoms with Crippen LogP contribution in [0.25, 0.3) is 10.1 Å². The Kier molecular flexibility index (Phi) is 3.79. The first-order chi connectivity index (χ1) is 9.16. The lowest BCUT2D eigenvalue weighted by atomic mass is 10.0. The molecule has 1 unspecified atom stereocenters. The SMILES string of the molecule is Cc1cccc(C(Br)c2csc3c(Br)cccc23)c1. The van der Waals surface area contributed by atoms with Crippen LogP contribution in [0.1, 0.15) is 21.5 Å². The van der Waals surface area contributed by atoms with Crippen molar-refractivity contribution in [3.63, 3.8) is 0 Å². The first-order valence-corrected chi connectivity index (χ1v) is 8.62. The van der Waals surface area contributed by atoms with Crippen LogP contribution in [-0.4, -0.2) is 0 Å². The van der Waals surface area contributed by atoms with Gasteiger partial charge in [-0.1, -0.05) is 57.9 Å². The monoisotopic (exact) mass is 394 g/mol.